The van der Waals surface area contributed by atoms with Crippen molar-refractivity contribution in [1.29, 1.82) is 0 Å². The van der Waals surface area contributed by atoms with Gasteiger partial charge in [0.15, 0.2) is 0 Å². The van der Waals surface area contributed by atoms with Crippen LogP contribution in [0, 0.1) is 6.92 Å². The number of hydrogen-bond acceptors (Lipinski definition) is 3. The molecule has 0 fully saturated rings. The van der Waals surface area contributed by atoms with Gasteiger partial charge in [0.05, 0.1) is 5.69 Å². The number of pyridine rings is 1. The van der Waals surface area contributed by atoms with Crippen molar-refractivity contribution in [3.63, 3.8) is 0 Å². The van der Waals surface area contributed by atoms with Gasteiger partial charge in [-0.2, -0.15) is 0 Å². The number of aryl methyl sites for hydroxylation is 1. The highest BCUT2D eigenvalue weighted by atomic mass is 16.1. The molecule has 0 aliphatic rings. The molecule has 1 N–H and O–H groups in total. The van der Waals surface area contributed by atoms with Crippen molar-refractivity contribution < 1.29 is 0 Å². The second kappa shape index (κ2) is 3.41. The Kier molecular flexibility index (Phi) is 2.10. The number of rotatable bonds is 1. The van der Waals surface area contributed by atoms with Gasteiger partial charge >= 0.3 is 5.69 Å². The highest BCUT2D eigenvalue weighted by Gasteiger charge is 1.98. The number of hydrogen-bond donors (Lipinski definition) is 1. The van der Waals surface area contributed by atoms with Gasteiger partial charge < -0.3 is 4.98 Å². The van der Waals surface area contributed by atoms with Gasteiger partial charge in [-0.25, -0.2) is 9.78 Å². The maximum absolute atomic E-state index is 10.7. The van der Waals surface area contributed by atoms with Crippen molar-refractivity contribution in [2.75, 3.05) is 0 Å². The molecule has 0 saturated heterocycles. The van der Waals surface area contributed by atoms with Crippen LogP contribution in [-0.4, -0.2) is 15.0 Å². The number of aromatic amines is 1. The summed E-state index contributed by atoms with van der Waals surface area (Å²) in [7, 11) is 0. The average Bonchev–Trinajstić information content (AvgIpc) is 2.21. The van der Waals surface area contributed by atoms with E-state index in [0.29, 0.717) is 0 Å². The smallest absolute Gasteiger partial charge is 0.312 e. The normalized spacial score (nSPS) is 10.1. The highest BCUT2D eigenvalue weighted by Crippen LogP contribution is 2.12. The largest absolute Gasteiger partial charge is 0.344 e. The monoisotopic (exact) mass is 187 g/mol. The molecule has 0 aromatic carbocycles. The standard InChI is InChI=1S/C10H9N3O/c1-7-2-3-9(11-4-7)8-5-12-10(14)13-6-8/h2-6H,1H3,(H,12,13,14). The van der Waals surface area contributed by atoms with Gasteiger partial charge in [0.1, 0.15) is 0 Å². The molecule has 0 spiro atoms. The van der Waals surface area contributed by atoms with Crippen molar-refractivity contribution in [2.24, 2.45) is 0 Å². The van der Waals surface area contributed by atoms with Crippen LogP contribution < -0.4 is 5.69 Å². The molecule has 2 rings (SSSR count). The second-order valence-corrected chi connectivity index (χ2v) is 3.03. The van der Waals surface area contributed by atoms with Crippen LogP contribution in [0.15, 0.2) is 35.5 Å². The molecule has 2 aromatic heterocycles. The van der Waals surface area contributed by atoms with E-state index in [1.807, 2.05) is 19.1 Å². The van der Waals surface area contributed by atoms with Gasteiger partial charge in [-0.05, 0) is 18.6 Å². The summed E-state index contributed by atoms with van der Waals surface area (Å²) in [6.07, 6.45) is 4.89. The Bertz CT molecular complexity index is 467. The third-order valence-electron chi connectivity index (χ3n) is 1.88. The van der Waals surface area contributed by atoms with Crippen LogP contribution in [0.25, 0.3) is 11.3 Å². The van der Waals surface area contributed by atoms with Crippen molar-refractivity contribution in [2.45, 2.75) is 6.92 Å². The Balaban J connectivity index is 2.44. The Morgan fingerprint density at radius 2 is 2.07 bits per heavy atom. The SMILES string of the molecule is Cc1ccc(-c2cnc(=O)[nH]c2)nc1. The molecular weight excluding hydrogens is 178 g/mol. The molecule has 2 heterocycles. The summed E-state index contributed by atoms with van der Waals surface area (Å²) in [5, 5.41) is 0. The van der Waals surface area contributed by atoms with E-state index in [2.05, 4.69) is 15.0 Å². The summed E-state index contributed by atoms with van der Waals surface area (Å²) in [6, 6.07) is 3.86. The first-order chi connectivity index (χ1) is 6.75. The molecule has 0 aliphatic carbocycles. The average molecular weight is 187 g/mol. The molecule has 0 aliphatic heterocycles. The molecule has 0 saturated carbocycles. The summed E-state index contributed by atoms with van der Waals surface area (Å²) in [6.45, 7) is 1.97. The van der Waals surface area contributed by atoms with E-state index in [9.17, 15) is 4.79 Å². The van der Waals surface area contributed by atoms with Crippen LogP contribution in [0.3, 0.4) is 0 Å². The van der Waals surface area contributed by atoms with Crippen LogP contribution in [0.2, 0.25) is 0 Å². The molecule has 4 heteroatoms. The topological polar surface area (TPSA) is 58.6 Å². The molecule has 0 bridgehead atoms. The minimum atomic E-state index is -0.346. The highest BCUT2D eigenvalue weighted by molar-refractivity contribution is 5.56. The first-order valence-electron chi connectivity index (χ1n) is 4.23. The van der Waals surface area contributed by atoms with E-state index < -0.39 is 0 Å². The Morgan fingerprint density at radius 3 is 2.64 bits per heavy atom. The maximum Gasteiger partial charge on any atom is 0.344 e. The zero-order valence-corrected chi connectivity index (χ0v) is 7.69. The molecule has 14 heavy (non-hydrogen) atoms. The zero-order chi connectivity index (χ0) is 9.97. The van der Waals surface area contributed by atoms with Crippen LogP contribution in [-0.2, 0) is 0 Å². The summed E-state index contributed by atoms with van der Waals surface area (Å²) in [5.74, 6) is 0. The number of H-pyrrole nitrogens is 1. The lowest BCUT2D eigenvalue weighted by Crippen LogP contribution is -2.08. The van der Waals surface area contributed by atoms with Crippen LogP contribution >= 0.6 is 0 Å². The number of nitrogens with zero attached hydrogens (tertiary/aromatic N) is 2. The molecule has 0 unspecified atom stereocenters. The van der Waals surface area contributed by atoms with E-state index in [0.717, 1.165) is 16.8 Å². The van der Waals surface area contributed by atoms with Gasteiger partial charge in [0, 0.05) is 24.2 Å². The van der Waals surface area contributed by atoms with Crippen LogP contribution in [0.1, 0.15) is 5.56 Å². The lowest BCUT2D eigenvalue weighted by molar-refractivity contribution is 1.07. The second-order valence-electron chi connectivity index (χ2n) is 3.03. The van der Waals surface area contributed by atoms with Gasteiger partial charge in [-0.1, -0.05) is 6.07 Å². The van der Waals surface area contributed by atoms with Gasteiger partial charge in [-0.3, -0.25) is 4.98 Å². The van der Waals surface area contributed by atoms with Crippen molar-refractivity contribution >= 4 is 0 Å². The molecule has 4 nitrogen and oxygen atoms in total. The van der Waals surface area contributed by atoms with E-state index >= 15 is 0 Å². The molecule has 0 radical (unpaired) electrons. The molecule has 2 aromatic rings. The fourth-order valence-electron chi connectivity index (χ4n) is 1.12. The van der Waals surface area contributed by atoms with E-state index in [4.69, 9.17) is 0 Å². The fraction of sp³-hybridized carbons (Fsp3) is 0.100. The zero-order valence-electron chi connectivity index (χ0n) is 7.69. The molecule has 70 valence electrons. The molecule has 0 atom stereocenters. The molecular formula is C10H9N3O. The lowest BCUT2D eigenvalue weighted by Gasteiger charge is -1.98. The van der Waals surface area contributed by atoms with Crippen molar-refractivity contribution in [3.8, 4) is 11.3 Å². The summed E-state index contributed by atoms with van der Waals surface area (Å²) in [4.78, 5) is 21.1. The van der Waals surface area contributed by atoms with Gasteiger partial charge in [0.2, 0.25) is 0 Å². The fourth-order valence-corrected chi connectivity index (χ4v) is 1.12. The predicted octanol–water partition coefficient (Wildman–Crippen LogP) is 1.14. The first-order valence-corrected chi connectivity index (χ1v) is 4.23. The van der Waals surface area contributed by atoms with Gasteiger partial charge in [0.25, 0.3) is 0 Å². The third-order valence-corrected chi connectivity index (χ3v) is 1.88. The van der Waals surface area contributed by atoms with Crippen LogP contribution in [0.4, 0.5) is 0 Å². The molecule has 0 amide bonds. The Morgan fingerprint density at radius 1 is 1.21 bits per heavy atom. The summed E-state index contributed by atoms with van der Waals surface area (Å²) >= 11 is 0. The Hall–Kier alpha value is -1.97. The van der Waals surface area contributed by atoms with E-state index in [-0.39, 0.29) is 5.69 Å². The number of nitrogens with one attached hydrogen (secondary N) is 1. The summed E-state index contributed by atoms with van der Waals surface area (Å²) < 4.78 is 0. The third kappa shape index (κ3) is 1.69. The van der Waals surface area contributed by atoms with E-state index in [1.165, 1.54) is 6.20 Å². The minimum absolute atomic E-state index is 0.346. The Labute approximate surface area is 80.7 Å². The van der Waals surface area contributed by atoms with Crippen molar-refractivity contribution in [3.05, 3.63) is 46.8 Å². The minimum Gasteiger partial charge on any atom is -0.312 e. The summed E-state index contributed by atoms with van der Waals surface area (Å²) in [5.41, 5.74) is 2.37. The predicted molar refractivity (Wildman–Crippen MR) is 52.8 cm³/mol. The van der Waals surface area contributed by atoms with Gasteiger partial charge in [-0.15, -0.1) is 0 Å². The quantitative estimate of drug-likeness (QED) is 0.728. The maximum atomic E-state index is 10.7. The first kappa shape index (κ1) is 8.62. The van der Waals surface area contributed by atoms with Crippen molar-refractivity contribution in [1.82, 2.24) is 15.0 Å². The van der Waals surface area contributed by atoms with E-state index in [1.54, 1.807) is 12.4 Å². The number of aromatic nitrogens is 3. The van der Waals surface area contributed by atoms with Crippen LogP contribution in [0.5, 0.6) is 0 Å². The lowest BCUT2D eigenvalue weighted by atomic mass is 10.2.